The third-order valence-corrected chi connectivity index (χ3v) is 6.90. The van der Waals surface area contributed by atoms with E-state index in [0.717, 1.165) is 28.6 Å². The van der Waals surface area contributed by atoms with Gasteiger partial charge in [0.05, 0.1) is 23.7 Å². The topological polar surface area (TPSA) is 91.0 Å². The van der Waals surface area contributed by atoms with Crippen LogP contribution in [0.3, 0.4) is 0 Å². The van der Waals surface area contributed by atoms with Crippen LogP contribution in [-0.2, 0) is 14.8 Å². The number of sulfonamides is 1. The summed E-state index contributed by atoms with van der Waals surface area (Å²) in [6, 6.07) is 14.6. The number of rotatable bonds is 9. The maximum Gasteiger partial charge on any atom is 0.253 e. The van der Waals surface area contributed by atoms with Crippen LogP contribution in [0.2, 0.25) is 0 Å². The largest absolute Gasteiger partial charge is 0.385 e. The van der Waals surface area contributed by atoms with Gasteiger partial charge < -0.3 is 20.3 Å². The van der Waals surface area contributed by atoms with Crippen LogP contribution in [0.1, 0.15) is 16.8 Å². The number of carbonyl (C=O) groups excluding carboxylic acids is 1. The number of para-hydroxylation sites is 1. The third-order valence-electron chi connectivity index (χ3n) is 5.09. The molecule has 1 amide bonds. The molecule has 1 heterocycles. The molecule has 1 aliphatic heterocycles. The van der Waals surface area contributed by atoms with Crippen molar-refractivity contribution < 1.29 is 17.9 Å². The Kier molecular flexibility index (Phi) is 7.89. The molecule has 3 rings (SSSR count). The van der Waals surface area contributed by atoms with E-state index in [4.69, 9.17) is 4.74 Å². The van der Waals surface area contributed by atoms with Gasteiger partial charge in [-0.3, -0.25) is 4.79 Å². The Morgan fingerprint density at radius 2 is 1.77 bits per heavy atom. The summed E-state index contributed by atoms with van der Waals surface area (Å²) in [5, 5.41) is 6.23. The van der Waals surface area contributed by atoms with Crippen molar-refractivity contribution in [2.45, 2.75) is 11.3 Å². The Hall–Kier alpha value is -2.62. The number of nitrogens with one attached hydrogen (secondary N) is 2. The van der Waals surface area contributed by atoms with Crippen molar-refractivity contribution in [2.24, 2.45) is 0 Å². The van der Waals surface area contributed by atoms with Crippen molar-refractivity contribution in [1.29, 1.82) is 0 Å². The van der Waals surface area contributed by atoms with E-state index in [2.05, 4.69) is 15.5 Å². The SMILES string of the molecule is CN(C)S(=O)(=O)c1ccc(N2CCOCC2)c(C(=O)NCCCNc2ccccc2)c1. The minimum Gasteiger partial charge on any atom is -0.385 e. The van der Waals surface area contributed by atoms with Gasteiger partial charge in [0.25, 0.3) is 5.91 Å². The van der Waals surface area contributed by atoms with E-state index in [0.29, 0.717) is 38.4 Å². The third kappa shape index (κ3) is 5.96. The zero-order chi connectivity index (χ0) is 22.3. The van der Waals surface area contributed by atoms with E-state index in [1.165, 1.54) is 20.2 Å². The quantitative estimate of drug-likeness (QED) is 0.573. The van der Waals surface area contributed by atoms with Crippen LogP contribution in [0.25, 0.3) is 0 Å². The Labute approximate surface area is 184 Å². The highest BCUT2D eigenvalue weighted by atomic mass is 32.2. The summed E-state index contributed by atoms with van der Waals surface area (Å²) in [6.45, 7) is 3.65. The number of anilines is 2. The highest BCUT2D eigenvalue weighted by molar-refractivity contribution is 7.89. The average molecular weight is 447 g/mol. The number of hydrogen-bond acceptors (Lipinski definition) is 6. The van der Waals surface area contributed by atoms with E-state index in [1.807, 2.05) is 30.3 Å². The predicted octanol–water partition coefficient (Wildman–Crippen LogP) is 2.01. The molecule has 0 bridgehead atoms. The molecule has 0 saturated carbocycles. The molecule has 2 aromatic rings. The number of carbonyl (C=O) groups is 1. The predicted molar refractivity (Wildman–Crippen MR) is 122 cm³/mol. The lowest BCUT2D eigenvalue weighted by atomic mass is 10.1. The second kappa shape index (κ2) is 10.6. The zero-order valence-electron chi connectivity index (χ0n) is 18.0. The lowest BCUT2D eigenvalue weighted by molar-refractivity contribution is 0.0952. The normalized spacial score (nSPS) is 14.5. The summed E-state index contributed by atoms with van der Waals surface area (Å²) in [4.78, 5) is 15.2. The van der Waals surface area contributed by atoms with Crippen molar-refractivity contribution in [3.63, 3.8) is 0 Å². The maximum atomic E-state index is 13.0. The van der Waals surface area contributed by atoms with Crippen LogP contribution in [-0.4, -0.2) is 72.1 Å². The zero-order valence-corrected chi connectivity index (χ0v) is 18.8. The van der Waals surface area contributed by atoms with E-state index in [9.17, 15) is 13.2 Å². The summed E-state index contributed by atoms with van der Waals surface area (Å²) in [5.41, 5.74) is 2.12. The van der Waals surface area contributed by atoms with E-state index < -0.39 is 10.0 Å². The lowest BCUT2D eigenvalue weighted by Crippen LogP contribution is -2.38. The van der Waals surface area contributed by atoms with Crippen LogP contribution < -0.4 is 15.5 Å². The van der Waals surface area contributed by atoms with Crippen molar-refractivity contribution in [3.05, 3.63) is 54.1 Å². The molecule has 1 saturated heterocycles. The summed E-state index contributed by atoms with van der Waals surface area (Å²) >= 11 is 0. The summed E-state index contributed by atoms with van der Waals surface area (Å²) in [6.07, 6.45) is 0.739. The highest BCUT2D eigenvalue weighted by Crippen LogP contribution is 2.26. The minimum absolute atomic E-state index is 0.102. The van der Waals surface area contributed by atoms with Gasteiger partial charge in [-0.05, 0) is 36.8 Å². The summed E-state index contributed by atoms with van der Waals surface area (Å²) in [5.74, 6) is -0.281. The molecule has 2 N–H and O–H groups in total. The average Bonchev–Trinajstić information content (AvgIpc) is 2.79. The van der Waals surface area contributed by atoms with Crippen LogP contribution in [0.5, 0.6) is 0 Å². The second-order valence-electron chi connectivity index (χ2n) is 7.47. The molecule has 0 aromatic heterocycles. The van der Waals surface area contributed by atoms with Crippen molar-refractivity contribution >= 4 is 27.3 Å². The lowest BCUT2D eigenvalue weighted by Gasteiger charge is -2.30. The van der Waals surface area contributed by atoms with Gasteiger partial charge in [-0.25, -0.2) is 12.7 Å². The Morgan fingerprint density at radius 3 is 2.45 bits per heavy atom. The fourth-order valence-electron chi connectivity index (χ4n) is 3.32. The van der Waals surface area contributed by atoms with Gasteiger partial charge in [0.1, 0.15) is 0 Å². The molecule has 2 aromatic carbocycles. The maximum absolute atomic E-state index is 13.0. The molecule has 0 atom stereocenters. The number of amides is 1. The molecule has 1 fully saturated rings. The molecule has 0 radical (unpaired) electrons. The van der Waals surface area contributed by atoms with Crippen LogP contribution in [0.15, 0.2) is 53.4 Å². The van der Waals surface area contributed by atoms with E-state index >= 15 is 0 Å². The molecule has 0 spiro atoms. The fraction of sp³-hybridized carbons (Fsp3) is 0.409. The van der Waals surface area contributed by atoms with Crippen LogP contribution in [0.4, 0.5) is 11.4 Å². The smallest absolute Gasteiger partial charge is 0.253 e. The van der Waals surface area contributed by atoms with E-state index in [1.54, 1.807) is 12.1 Å². The molecular weight excluding hydrogens is 416 g/mol. The number of nitrogens with zero attached hydrogens (tertiary/aromatic N) is 2. The Bertz CT molecular complexity index is 974. The first kappa shape index (κ1) is 23.1. The molecule has 0 unspecified atom stereocenters. The van der Waals surface area contributed by atoms with Crippen LogP contribution in [0, 0.1) is 0 Å². The van der Waals surface area contributed by atoms with Crippen molar-refractivity contribution in [2.75, 3.05) is 63.7 Å². The molecule has 168 valence electrons. The first-order valence-corrected chi connectivity index (χ1v) is 11.8. The van der Waals surface area contributed by atoms with Crippen LogP contribution >= 0.6 is 0 Å². The van der Waals surface area contributed by atoms with Gasteiger partial charge in [0, 0.05) is 51.6 Å². The van der Waals surface area contributed by atoms with Gasteiger partial charge >= 0.3 is 0 Å². The van der Waals surface area contributed by atoms with Gasteiger partial charge in [0.15, 0.2) is 0 Å². The number of benzene rings is 2. The highest BCUT2D eigenvalue weighted by Gasteiger charge is 2.24. The minimum atomic E-state index is -3.64. The number of morpholine rings is 1. The number of ether oxygens (including phenoxy) is 1. The number of hydrogen-bond donors (Lipinski definition) is 2. The molecular formula is C22H30N4O4S. The monoisotopic (exact) mass is 446 g/mol. The van der Waals surface area contributed by atoms with Crippen molar-refractivity contribution in [1.82, 2.24) is 9.62 Å². The molecule has 9 heteroatoms. The molecule has 0 aliphatic carbocycles. The Balaban J connectivity index is 1.70. The Morgan fingerprint density at radius 1 is 1.06 bits per heavy atom. The second-order valence-corrected chi connectivity index (χ2v) is 9.62. The molecule has 8 nitrogen and oxygen atoms in total. The fourth-order valence-corrected chi connectivity index (χ4v) is 4.25. The van der Waals surface area contributed by atoms with Gasteiger partial charge in [0.2, 0.25) is 10.0 Å². The standard InChI is InChI=1S/C22H30N4O4S/c1-25(2)31(28,29)19-9-10-21(26-13-15-30-16-14-26)20(17-19)22(27)24-12-6-11-23-18-7-4-3-5-8-18/h3-5,7-10,17,23H,6,11-16H2,1-2H3,(H,24,27). The van der Waals surface area contributed by atoms with Crippen molar-refractivity contribution in [3.8, 4) is 0 Å². The van der Waals surface area contributed by atoms with Gasteiger partial charge in [-0.2, -0.15) is 0 Å². The summed E-state index contributed by atoms with van der Waals surface area (Å²) in [7, 11) is -0.686. The molecule has 31 heavy (non-hydrogen) atoms. The summed E-state index contributed by atoms with van der Waals surface area (Å²) < 4.78 is 31.7. The molecule has 1 aliphatic rings. The first-order chi connectivity index (χ1) is 14.9. The van der Waals surface area contributed by atoms with E-state index in [-0.39, 0.29) is 10.8 Å². The first-order valence-electron chi connectivity index (χ1n) is 10.4. The van der Waals surface area contributed by atoms with Gasteiger partial charge in [-0.1, -0.05) is 18.2 Å². The van der Waals surface area contributed by atoms with Gasteiger partial charge in [-0.15, -0.1) is 0 Å².